The molecule has 1 amide bonds. The van der Waals surface area contributed by atoms with Crippen LogP contribution in [0.25, 0.3) is 0 Å². The number of carbonyl (C=O) groups is 2. The van der Waals surface area contributed by atoms with Crippen molar-refractivity contribution in [3.05, 3.63) is 72.2 Å². The maximum atomic E-state index is 13.6. The van der Waals surface area contributed by atoms with E-state index in [4.69, 9.17) is 28.0 Å². The average molecular weight is 549 g/mol. The summed E-state index contributed by atoms with van der Waals surface area (Å²) in [6.07, 6.45) is 1.38. The fourth-order valence-corrected chi connectivity index (χ4v) is 6.00. The number of hydrogen-bond donors (Lipinski definition) is 1. The second-order valence-electron chi connectivity index (χ2n) is 10.00. The zero-order valence-electron chi connectivity index (χ0n) is 20.0. The minimum absolute atomic E-state index is 0.207. The number of anilines is 1. The summed E-state index contributed by atoms with van der Waals surface area (Å²) in [5.74, 6) is -1.33. The summed E-state index contributed by atoms with van der Waals surface area (Å²) in [4.78, 5) is 51.9. The summed E-state index contributed by atoms with van der Waals surface area (Å²) in [6.45, 7) is 5.85. The quantitative estimate of drug-likeness (QED) is 0.256. The molecule has 0 aromatic heterocycles. The lowest BCUT2D eigenvalue weighted by Crippen LogP contribution is -2.43. The Bertz CT molecular complexity index is 1340. The molecule has 1 N–H and O–H groups in total. The Labute approximate surface area is 221 Å². The summed E-state index contributed by atoms with van der Waals surface area (Å²) < 4.78 is 0. The van der Waals surface area contributed by atoms with Crippen LogP contribution < -0.4 is 5.32 Å². The maximum Gasteiger partial charge on any atom is 0.366 e. The number of hydrogen-bond acceptors (Lipinski definition) is 8. The zero-order valence-corrected chi connectivity index (χ0v) is 21.6. The number of carbonyl (C=O) groups excluding carboxylic acids is 2. The van der Waals surface area contributed by atoms with Crippen LogP contribution >= 0.6 is 23.2 Å². The molecule has 0 radical (unpaired) electrons. The largest absolute Gasteiger partial charge is 0.366 e. The monoisotopic (exact) mass is 548 g/mol. The molecule has 2 fully saturated rings. The number of benzene rings is 2. The van der Waals surface area contributed by atoms with E-state index in [1.165, 1.54) is 0 Å². The van der Waals surface area contributed by atoms with Crippen molar-refractivity contribution in [1.82, 2.24) is 0 Å². The molecule has 2 aliphatic rings. The van der Waals surface area contributed by atoms with Gasteiger partial charge in [-0.05, 0) is 36.5 Å². The van der Waals surface area contributed by atoms with Crippen LogP contribution in [-0.2, 0) is 9.63 Å². The molecule has 0 saturated heterocycles. The van der Waals surface area contributed by atoms with Gasteiger partial charge in [-0.2, -0.15) is 0 Å². The molecule has 0 heterocycles. The van der Waals surface area contributed by atoms with Crippen molar-refractivity contribution >= 4 is 57.9 Å². The third-order valence-corrected chi connectivity index (χ3v) is 8.52. The van der Waals surface area contributed by atoms with Crippen molar-refractivity contribution in [2.75, 3.05) is 5.32 Å². The van der Waals surface area contributed by atoms with Crippen molar-refractivity contribution < 1.29 is 24.3 Å². The van der Waals surface area contributed by atoms with Crippen molar-refractivity contribution in [3.63, 3.8) is 0 Å². The molecule has 2 aromatic carbocycles. The molecule has 2 saturated carbocycles. The van der Waals surface area contributed by atoms with E-state index in [1.54, 1.807) is 18.2 Å². The molecule has 0 spiro atoms. The van der Waals surface area contributed by atoms with Crippen LogP contribution in [0.4, 0.5) is 17.1 Å². The van der Waals surface area contributed by atoms with Crippen LogP contribution in [0.1, 0.15) is 50.4 Å². The Hall–Kier alpha value is -3.57. The Morgan fingerprint density at radius 1 is 0.946 bits per heavy atom. The molecule has 13 heteroatoms. The van der Waals surface area contributed by atoms with Gasteiger partial charge in [-0.15, -0.1) is 0 Å². The lowest BCUT2D eigenvalue weighted by molar-refractivity contribution is -0.394. The average Bonchev–Trinajstić information content (AvgIpc) is 3.12. The minimum atomic E-state index is -1.09. The Morgan fingerprint density at radius 3 is 2.05 bits per heavy atom. The van der Waals surface area contributed by atoms with Gasteiger partial charge in [0.2, 0.25) is 5.91 Å². The van der Waals surface area contributed by atoms with Crippen LogP contribution in [0, 0.1) is 36.5 Å². The molecule has 2 atom stereocenters. The Balaban J connectivity index is 1.61. The van der Waals surface area contributed by atoms with E-state index in [0.29, 0.717) is 34.3 Å². The van der Waals surface area contributed by atoms with E-state index >= 15 is 0 Å². The van der Waals surface area contributed by atoms with Crippen molar-refractivity contribution in [2.45, 2.75) is 40.0 Å². The number of nitrogens with zero attached hydrogens (tertiary/aromatic N) is 3. The van der Waals surface area contributed by atoms with E-state index < -0.39 is 43.4 Å². The van der Waals surface area contributed by atoms with E-state index in [0.717, 1.165) is 18.2 Å². The smallest absolute Gasteiger partial charge is 0.325 e. The molecular formula is C24H22Cl2N4O7. The van der Waals surface area contributed by atoms with Gasteiger partial charge in [-0.3, -0.25) is 25.0 Å². The number of fused-ring (bicyclic) bond motifs is 2. The molecule has 2 bridgehead atoms. The highest BCUT2D eigenvalue weighted by molar-refractivity contribution is 6.35. The second-order valence-corrected chi connectivity index (χ2v) is 10.9. The van der Waals surface area contributed by atoms with Crippen molar-refractivity contribution in [2.24, 2.45) is 21.4 Å². The van der Waals surface area contributed by atoms with Gasteiger partial charge in [-0.1, -0.05) is 49.1 Å². The number of amides is 1. The van der Waals surface area contributed by atoms with Crippen LogP contribution in [-0.4, -0.2) is 27.4 Å². The predicted molar refractivity (Wildman–Crippen MR) is 136 cm³/mol. The number of nitro groups is 2. The van der Waals surface area contributed by atoms with Gasteiger partial charge in [-0.25, -0.2) is 4.79 Å². The molecule has 0 aliphatic heterocycles. The highest BCUT2D eigenvalue weighted by Crippen LogP contribution is 2.71. The number of nitrogens with one attached hydrogen (secondary N) is 1. The molecule has 2 unspecified atom stereocenters. The fraction of sp³-hybridized carbons (Fsp3) is 0.375. The van der Waals surface area contributed by atoms with Crippen LogP contribution in [0.15, 0.2) is 41.6 Å². The third kappa shape index (κ3) is 4.31. The van der Waals surface area contributed by atoms with Gasteiger partial charge >= 0.3 is 5.97 Å². The lowest BCUT2D eigenvalue weighted by Gasteiger charge is -2.39. The molecule has 11 nitrogen and oxygen atoms in total. The van der Waals surface area contributed by atoms with E-state index in [-0.39, 0.29) is 17.9 Å². The summed E-state index contributed by atoms with van der Waals surface area (Å²) in [5, 5.41) is 30.0. The van der Waals surface area contributed by atoms with Crippen molar-refractivity contribution in [1.29, 1.82) is 0 Å². The summed E-state index contributed by atoms with van der Waals surface area (Å²) in [5.41, 5.74) is -2.75. The SMILES string of the molecule is CC12CCC(C(=O)Nc3cc(Cl)cc(Cl)c3)(C/C1=N/OC(=O)c1cc([N+](=O)[O-])cc([N+](=O)[O-])c1)C2(C)C. The summed E-state index contributed by atoms with van der Waals surface area (Å²) in [7, 11) is 0. The van der Waals surface area contributed by atoms with Crippen LogP contribution in [0.2, 0.25) is 10.0 Å². The van der Waals surface area contributed by atoms with Gasteiger partial charge in [0.1, 0.15) is 0 Å². The van der Waals surface area contributed by atoms with Gasteiger partial charge in [0.25, 0.3) is 11.4 Å². The maximum absolute atomic E-state index is 13.6. The summed E-state index contributed by atoms with van der Waals surface area (Å²) >= 11 is 12.1. The van der Waals surface area contributed by atoms with Gasteiger partial charge in [0.15, 0.2) is 0 Å². The topological polar surface area (TPSA) is 154 Å². The molecular weight excluding hydrogens is 527 g/mol. The predicted octanol–water partition coefficient (Wildman–Crippen LogP) is 6.18. The van der Waals surface area contributed by atoms with Gasteiger partial charge in [0.05, 0.1) is 32.6 Å². The lowest BCUT2D eigenvalue weighted by atomic mass is 9.64. The van der Waals surface area contributed by atoms with Gasteiger partial charge < -0.3 is 10.2 Å². The molecule has 194 valence electrons. The zero-order chi connectivity index (χ0) is 27.3. The van der Waals surface area contributed by atoms with E-state index in [1.807, 2.05) is 20.8 Å². The summed E-state index contributed by atoms with van der Waals surface area (Å²) in [6, 6.07) is 7.25. The highest BCUT2D eigenvalue weighted by atomic mass is 35.5. The van der Waals surface area contributed by atoms with Gasteiger partial charge in [0, 0.05) is 39.7 Å². The van der Waals surface area contributed by atoms with Crippen molar-refractivity contribution in [3.8, 4) is 0 Å². The fourth-order valence-electron chi connectivity index (χ4n) is 5.47. The van der Waals surface area contributed by atoms with E-state index in [2.05, 4.69) is 10.5 Å². The number of oxime groups is 1. The first kappa shape index (κ1) is 26.5. The first-order chi connectivity index (χ1) is 17.2. The number of halogens is 2. The first-order valence-electron chi connectivity index (χ1n) is 11.2. The first-order valence-corrected chi connectivity index (χ1v) is 12.0. The van der Waals surface area contributed by atoms with Crippen LogP contribution in [0.5, 0.6) is 0 Å². The molecule has 2 aromatic rings. The van der Waals surface area contributed by atoms with Crippen LogP contribution in [0.3, 0.4) is 0 Å². The number of nitro benzene ring substituents is 2. The highest BCUT2D eigenvalue weighted by Gasteiger charge is 2.71. The Morgan fingerprint density at radius 2 is 1.51 bits per heavy atom. The normalized spacial score (nSPS) is 24.6. The number of rotatable bonds is 6. The standard InChI is InChI=1S/C24H22Cl2N4O7/c1-22(2)23(3)4-5-24(22,21(32)27-16-9-14(25)8-15(26)10-16)12-19(23)28-37-20(31)13-6-17(29(33)34)11-18(7-13)30(35)36/h6-11H,4-5,12H2,1-3H3,(H,27,32)/b28-19-. The third-order valence-electron chi connectivity index (χ3n) is 8.09. The molecule has 4 rings (SSSR count). The minimum Gasteiger partial charge on any atom is -0.325 e. The Kier molecular flexibility index (Phi) is 6.49. The molecule has 2 aliphatic carbocycles. The second kappa shape index (κ2) is 9.07. The number of non-ortho nitro benzene ring substituents is 2. The molecule has 37 heavy (non-hydrogen) atoms. The van der Waals surface area contributed by atoms with E-state index in [9.17, 15) is 29.8 Å².